The Morgan fingerprint density at radius 3 is 2.58 bits per heavy atom. The van der Waals surface area contributed by atoms with Gasteiger partial charge in [-0.15, -0.1) is 12.6 Å². The largest absolute Gasteiger partial charge is 1.00 e. The smallest absolute Gasteiger partial charge is 1.00 e. The number of carboxylic acid groups (broad SMARTS) is 1. The first kappa shape index (κ1) is 12.5. The topological polar surface area (TPSA) is 63.3 Å². The summed E-state index contributed by atoms with van der Waals surface area (Å²) in [6, 6.07) is 4.65. The molecule has 0 saturated carbocycles. The van der Waals surface area contributed by atoms with Crippen LogP contribution in [0.1, 0.15) is 11.8 Å². The van der Waals surface area contributed by atoms with Gasteiger partial charge in [0.05, 0.1) is 5.56 Å². The summed E-state index contributed by atoms with van der Waals surface area (Å²) in [5.74, 6) is -1.01. The van der Waals surface area contributed by atoms with Gasteiger partial charge in [0, 0.05) is 10.6 Å². The van der Waals surface area contributed by atoms with Crippen LogP contribution >= 0.6 is 12.6 Å². The molecule has 0 heterocycles. The predicted octanol–water partition coefficient (Wildman–Crippen LogP) is -1.63. The van der Waals surface area contributed by atoms with Crippen LogP contribution in [0.15, 0.2) is 23.1 Å². The number of nitrogens with two attached hydrogens (primary N) is 1. The molecule has 1 aromatic rings. The second-order valence-electron chi connectivity index (χ2n) is 2.05. The van der Waals surface area contributed by atoms with Gasteiger partial charge in [-0.3, -0.25) is 0 Å². The fraction of sp³-hybridized carbons (Fsp3) is 0. The van der Waals surface area contributed by atoms with Crippen LogP contribution in [0.4, 0.5) is 5.69 Å². The molecule has 0 aliphatic carbocycles. The molecular weight excluding hydrogens is 201 g/mol. The van der Waals surface area contributed by atoms with Crippen molar-refractivity contribution < 1.29 is 62.7 Å². The number of hydrogen-bond acceptors (Lipinski definition) is 3. The number of anilines is 1. The zero-order valence-electron chi connectivity index (χ0n) is 7.61. The van der Waals surface area contributed by atoms with Crippen LogP contribution in [-0.4, -0.2) is 11.1 Å². The van der Waals surface area contributed by atoms with Gasteiger partial charge in [0.25, 0.3) is 0 Å². The first-order chi connectivity index (χ1) is 5.13. The first-order valence-electron chi connectivity index (χ1n) is 2.93. The van der Waals surface area contributed by atoms with Crippen LogP contribution in [0.5, 0.6) is 0 Å². The van der Waals surface area contributed by atoms with Crippen LogP contribution in [0.3, 0.4) is 0 Å². The van der Waals surface area contributed by atoms with Crippen LogP contribution in [0.25, 0.3) is 0 Å². The normalized spacial score (nSPS) is 8.75. The Labute approximate surface area is 120 Å². The van der Waals surface area contributed by atoms with Crippen molar-refractivity contribution in [2.75, 3.05) is 5.73 Å². The molecule has 0 fully saturated rings. The van der Waals surface area contributed by atoms with Crippen molar-refractivity contribution in [2.24, 2.45) is 0 Å². The third-order valence-electron chi connectivity index (χ3n) is 1.30. The third-order valence-corrected chi connectivity index (χ3v) is 1.80. The number of hydrogen-bond donors (Lipinski definition) is 3. The summed E-state index contributed by atoms with van der Waals surface area (Å²) < 4.78 is 0. The van der Waals surface area contributed by atoms with E-state index >= 15 is 0 Å². The molecule has 12 heavy (non-hydrogen) atoms. The SMILES string of the molecule is Nc1cccc(C(=O)O)c1S.[H-].[K+]. The Kier molecular flexibility index (Phi) is 5.47. The molecular formula is C7H8KNO2S. The van der Waals surface area contributed by atoms with Gasteiger partial charge in [-0.1, -0.05) is 6.07 Å². The van der Waals surface area contributed by atoms with Gasteiger partial charge in [-0.05, 0) is 12.1 Å². The van der Waals surface area contributed by atoms with E-state index in [2.05, 4.69) is 12.6 Å². The summed E-state index contributed by atoms with van der Waals surface area (Å²) >= 11 is 3.94. The number of carboxylic acids is 1. The van der Waals surface area contributed by atoms with E-state index in [1.54, 1.807) is 12.1 Å². The van der Waals surface area contributed by atoms with Gasteiger partial charge in [0.2, 0.25) is 0 Å². The Morgan fingerprint density at radius 2 is 2.17 bits per heavy atom. The minimum atomic E-state index is -1.01. The molecule has 0 saturated heterocycles. The Hall–Kier alpha value is 0.476. The van der Waals surface area contributed by atoms with Crippen molar-refractivity contribution >= 4 is 24.3 Å². The van der Waals surface area contributed by atoms with Crippen molar-refractivity contribution in [1.82, 2.24) is 0 Å². The Morgan fingerprint density at radius 1 is 1.58 bits per heavy atom. The van der Waals surface area contributed by atoms with Gasteiger partial charge in [-0.2, -0.15) is 0 Å². The molecule has 3 N–H and O–H groups in total. The summed E-state index contributed by atoms with van der Waals surface area (Å²) in [6.45, 7) is 0. The fourth-order valence-electron chi connectivity index (χ4n) is 0.734. The summed E-state index contributed by atoms with van der Waals surface area (Å²) in [5, 5.41) is 8.59. The quantitative estimate of drug-likeness (QED) is 0.296. The molecule has 3 nitrogen and oxygen atoms in total. The van der Waals surface area contributed by atoms with Gasteiger partial charge < -0.3 is 12.3 Å². The van der Waals surface area contributed by atoms with Gasteiger partial charge in [0.1, 0.15) is 0 Å². The van der Waals surface area contributed by atoms with Crippen molar-refractivity contribution in [1.29, 1.82) is 0 Å². The average molecular weight is 209 g/mol. The number of aromatic carboxylic acids is 1. The second-order valence-corrected chi connectivity index (χ2v) is 2.50. The zero-order chi connectivity index (χ0) is 8.43. The summed E-state index contributed by atoms with van der Waals surface area (Å²) in [5.41, 5.74) is 5.93. The molecule has 0 aliphatic rings. The molecule has 0 amide bonds. The Balaban J connectivity index is 0. The number of rotatable bonds is 1. The summed E-state index contributed by atoms with van der Waals surface area (Å²) in [4.78, 5) is 10.8. The molecule has 1 rings (SSSR count). The van der Waals surface area contributed by atoms with Crippen LogP contribution in [0, 0.1) is 0 Å². The molecule has 5 heteroatoms. The molecule has 0 unspecified atom stereocenters. The minimum absolute atomic E-state index is 0. The van der Waals surface area contributed by atoms with Crippen molar-refractivity contribution in [3.8, 4) is 0 Å². The number of nitrogen functional groups attached to an aromatic ring is 1. The van der Waals surface area contributed by atoms with Gasteiger partial charge in [-0.25, -0.2) is 4.79 Å². The first-order valence-corrected chi connectivity index (χ1v) is 3.38. The van der Waals surface area contributed by atoms with Crippen LogP contribution in [-0.2, 0) is 0 Å². The van der Waals surface area contributed by atoms with E-state index in [4.69, 9.17) is 10.8 Å². The molecule has 0 atom stereocenters. The molecule has 0 radical (unpaired) electrons. The van der Waals surface area contributed by atoms with Crippen molar-refractivity contribution in [3.63, 3.8) is 0 Å². The van der Waals surface area contributed by atoms with Crippen molar-refractivity contribution in [3.05, 3.63) is 23.8 Å². The van der Waals surface area contributed by atoms with E-state index in [-0.39, 0.29) is 58.4 Å². The average Bonchev–Trinajstić information content (AvgIpc) is 1.94. The Bertz CT molecular complexity index is 309. The van der Waals surface area contributed by atoms with E-state index in [9.17, 15) is 4.79 Å². The second kappa shape index (κ2) is 5.26. The number of benzene rings is 1. The minimum Gasteiger partial charge on any atom is -1.00 e. The van der Waals surface area contributed by atoms with Gasteiger partial charge >= 0.3 is 57.4 Å². The summed E-state index contributed by atoms with van der Waals surface area (Å²) in [7, 11) is 0. The monoisotopic (exact) mass is 209 g/mol. The molecule has 0 aliphatic heterocycles. The van der Waals surface area contributed by atoms with Crippen LogP contribution < -0.4 is 57.1 Å². The molecule has 1 aromatic carbocycles. The van der Waals surface area contributed by atoms with E-state index < -0.39 is 5.97 Å². The summed E-state index contributed by atoms with van der Waals surface area (Å²) in [6.07, 6.45) is 0. The van der Waals surface area contributed by atoms with E-state index in [1.807, 2.05) is 0 Å². The maximum absolute atomic E-state index is 10.5. The molecule has 60 valence electrons. The maximum Gasteiger partial charge on any atom is 1.00 e. The third kappa shape index (κ3) is 2.76. The zero-order valence-corrected chi connectivity index (χ0v) is 10.6. The van der Waals surface area contributed by atoms with E-state index in [0.717, 1.165) is 0 Å². The molecule has 0 spiro atoms. The fourth-order valence-corrected chi connectivity index (χ4v) is 0.979. The van der Waals surface area contributed by atoms with E-state index in [1.165, 1.54) is 6.07 Å². The maximum atomic E-state index is 10.5. The van der Waals surface area contributed by atoms with E-state index in [0.29, 0.717) is 10.6 Å². The predicted molar refractivity (Wildman–Crippen MR) is 46.2 cm³/mol. The van der Waals surface area contributed by atoms with Crippen LogP contribution in [0.2, 0.25) is 0 Å². The standard InChI is InChI=1S/C7H7NO2S.K.H/c8-5-3-1-2-4(6(5)11)7(9)10;;/h1-3,11H,8H2,(H,9,10);;/q;+1;-1. The molecule has 0 bridgehead atoms. The van der Waals surface area contributed by atoms with Crippen molar-refractivity contribution in [2.45, 2.75) is 4.90 Å². The van der Waals surface area contributed by atoms with Gasteiger partial charge in [0.15, 0.2) is 0 Å². The number of carbonyl (C=O) groups is 1. The number of thiol groups is 1. The molecule has 0 aromatic heterocycles.